The van der Waals surface area contributed by atoms with E-state index in [1.54, 1.807) is 0 Å². The number of hydrogen-bond acceptors (Lipinski definition) is 3. The highest BCUT2D eigenvalue weighted by Crippen LogP contribution is 2.02. The van der Waals surface area contributed by atoms with E-state index in [-0.39, 0.29) is 0 Å². The monoisotopic (exact) mass is 200 g/mol. The molecule has 1 rings (SSSR count). The van der Waals surface area contributed by atoms with Crippen molar-refractivity contribution in [2.75, 3.05) is 39.8 Å². The Hall–Kier alpha value is -0.120. The maximum absolute atomic E-state index is 5.65. The Labute approximate surface area is 87.8 Å². The number of morpholine rings is 1. The van der Waals surface area contributed by atoms with Gasteiger partial charge in [0.15, 0.2) is 0 Å². The third-order valence-electron chi connectivity index (χ3n) is 2.61. The zero-order valence-corrected chi connectivity index (χ0v) is 9.75. The number of rotatable bonds is 5. The van der Waals surface area contributed by atoms with Crippen LogP contribution in [0.1, 0.15) is 20.3 Å². The molecule has 1 atom stereocenters. The van der Waals surface area contributed by atoms with E-state index in [2.05, 4.69) is 31.1 Å². The minimum absolute atomic E-state index is 0.390. The number of nitrogens with zero attached hydrogens (tertiary/aromatic N) is 1. The van der Waals surface area contributed by atoms with Crippen LogP contribution in [0.4, 0.5) is 0 Å². The first-order valence-electron chi connectivity index (χ1n) is 5.69. The fourth-order valence-corrected chi connectivity index (χ4v) is 1.64. The summed E-state index contributed by atoms with van der Waals surface area (Å²) >= 11 is 0. The van der Waals surface area contributed by atoms with Gasteiger partial charge in [0.2, 0.25) is 0 Å². The van der Waals surface area contributed by atoms with Gasteiger partial charge in [0.1, 0.15) is 0 Å². The SMILES string of the molecule is CC(C)CCNCC1CN(C)CCO1. The Kier molecular flexibility index (Phi) is 5.45. The zero-order valence-electron chi connectivity index (χ0n) is 9.75. The van der Waals surface area contributed by atoms with Gasteiger partial charge in [0.25, 0.3) is 0 Å². The van der Waals surface area contributed by atoms with Crippen LogP contribution in [0.15, 0.2) is 0 Å². The second-order valence-corrected chi connectivity index (χ2v) is 4.64. The van der Waals surface area contributed by atoms with Gasteiger partial charge in [-0.2, -0.15) is 0 Å². The fraction of sp³-hybridized carbons (Fsp3) is 1.00. The third kappa shape index (κ3) is 4.94. The molecule has 1 fully saturated rings. The minimum atomic E-state index is 0.390. The van der Waals surface area contributed by atoms with Crippen molar-refractivity contribution in [1.29, 1.82) is 0 Å². The van der Waals surface area contributed by atoms with Crippen LogP contribution >= 0.6 is 0 Å². The van der Waals surface area contributed by atoms with Crippen LogP contribution in [0, 0.1) is 5.92 Å². The van der Waals surface area contributed by atoms with Crippen LogP contribution in [0.3, 0.4) is 0 Å². The van der Waals surface area contributed by atoms with Crippen LogP contribution in [-0.4, -0.2) is 50.8 Å². The molecule has 0 spiro atoms. The average molecular weight is 200 g/mol. The van der Waals surface area contributed by atoms with Crippen molar-refractivity contribution in [1.82, 2.24) is 10.2 Å². The predicted molar refractivity (Wildman–Crippen MR) is 59.6 cm³/mol. The van der Waals surface area contributed by atoms with Crippen molar-refractivity contribution in [3.8, 4) is 0 Å². The molecule has 1 unspecified atom stereocenters. The number of likely N-dealkylation sites (N-methyl/N-ethyl adjacent to an activating group) is 1. The molecule has 1 saturated heterocycles. The molecule has 0 saturated carbocycles. The average Bonchev–Trinajstić information content (AvgIpc) is 2.12. The lowest BCUT2D eigenvalue weighted by atomic mass is 10.1. The molecular formula is C11H24N2O. The van der Waals surface area contributed by atoms with Crippen molar-refractivity contribution < 1.29 is 4.74 Å². The summed E-state index contributed by atoms with van der Waals surface area (Å²) in [5, 5.41) is 3.46. The highest BCUT2D eigenvalue weighted by Gasteiger charge is 2.16. The molecule has 1 aliphatic rings. The van der Waals surface area contributed by atoms with Gasteiger partial charge in [-0.3, -0.25) is 0 Å². The van der Waals surface area contributed by atoms with Crippen molar-refractivity contribution >= 4 is 0 Å². The van der Waals surface area contributed by atoms with E-state index in [1.807, 2.05) is 0 Å². The molecule has 3 heteroatoms. The maximum Gasteiger partial charge on any atom is 0.0826 e. The summed E-state index contributed by atoms with van der Waals surface area (Å²) in [6, 6.07) is 0. The fourth-order valence-electron chi connectivity index (χ4n) is 1.64. The molecule has 0 aromatic rings. The van der Waals surface area contributed by atoms with Crippen molar-refractivity contribution in [3.05, 3.63) is 0 Å². The Balaban J connectivity index is 2.00. The highest BCUT2D eigenvalue weighted by atomic mass is 16.5. The van der Waals surface area contributed by atoms with Crippen molar-refractivity contribution in [3.63, 3.8) is 0 Å². The van der Waals surface area contributed by atoms with E-state index in [0.717, 1.165) is 38.7 Å². The minimum Gasteiger partial charge on any atom is -0.374 e. The van der Waals surface area contributed by atoms with Crippen molar-refractivity contribution in [2.45, 2.75) is 26.4 Å². The van der Waals surface area contributed by atoms with Gasteiger partial charge in [-0.25, -0.2) is 0 Å². The smallest absolute Gasteiger partial charge is 0.0826 e. The molecule has 0 aromatic carbocycles. The molecular weight excluding hydrogens is 176 g/mol. The lowest BCUT2D eigenvalue weighted by molar-refractivity contribution is -0.0180. The summed E-state index contributed by atoms with van der Waals surface area (Å²) in [4.78, 5) is 2.33. The van der Waals surface area contributed by atoms with Gasteiger partial charge in [-0.15, -0.1) is 0 Å². The quantitative estimate of drug-likeness (QED) is 0.669. The van der Waals surface area contributed by atoms with E-state index in [4.69, 9.17) is 4.74 Å². The highest BCUT2D eigenvalue weighted by molar-refractivity contribution is 4.70. The van der Waals surface area contributed by atoms with Gasteiger partial charge in [0.05, 0.1) is 12.7 Å². The lowest BCUT2D eigenvalue weighted by Gasteiger charge is -2.30. The van der Waals surface area contributed by atoms with E-state index < -0.39 is 0 Å². The van der Waals surface area contributed by atoms with Gasteiger partial charge < -0.3 is 15.0 Å². The molecule has 14 heavy (non-hydrogen) atoms. The van der Waals surface area contributed by atoms with E-state index in [0.29, 0.717) is 6.10 Å². The van der Waals surface area contributed by atoms with Crippen LogP contribution in [0.5, 0.6) is 0 Å². The van der Waals surface area contributed by atoms with E-state index >= 15 is 0 Å². The summed E-state index contributed by atoms with van der Waals surface area (Å²) in [6.07, 6.45) is 1.64. The van der Waals surface area contributed by atoms with Gasteiger partial charge in [0, 0.05) is 19.6 Å². The van der Waals surface area contributed by atoms with Crippen LogP contribution in [0.2, 0.25) is 0 Å². The third-order valence-corrected chi connectivity index (χ3v) is 2.61. The molecule has 0 bridgehead atoms. The summed E-state index contributed by atoms with van der Waals surface area (Å²) in [7, 11) is 2.16. The Morgan fingerprint density at radius 1 is 1.50 bits per heavy atom. The van der Waals surface area contributed by atoms with Crippen LogP contribution in [0.25, 0.3) is 0 Å². The van der Waals surface area contributed by atoms with E-state index in [9.17, 15) is 0 Å². The second kappa shape index (κ2) is 6.38. The molecule has 0 aromatic heterocycles. The standard InChI is InChI=1S/C11H24N2O/c1-10(2)4-5-12-8-11-9-13(3)6-7-14-11/h10-12H,4-9H2,1-3H3. The first kappa shape index (κ1) is 12.0. The molecule has 1 N–H and O–H groups in total. The Morgan fingerprint density at radius 3 is 2.93 bits per heavy atom. The Bertz CT molecular complexity index is 150. The lowest BCUT2D eigenvalue weighted by Crippen LogP contribution is -2.45. The van der Waals surface area contributed by atoms with Gasteiger partial charge in [-0.05, 0) is 25.9 Å². The summed E-state index contributed by atoms with van der Waals surface area (Å²) in [5.74, 6) is 0.789. The van der Waals surface area contributed by atoms with Crippen LogP contribution in [-0.2, 0) is 4.74 Å². The number of ether oxygens (including phenoxy) is 1. The first-order chi connectivity index (χ1) is 6.68. The molecule has 0 aliphatic carbocycles. The first-order valence-corrected chi connectivity index (χ1v) is 5.69. The summed E-state index contributed by atoms with van der Waals surface area (Å²) < 4.78 is 5.65. The second-order valence-electron chi connectivity index (χ2n) is 4.64. The van der Waals surface area contributed by atoms with Gasteiger partial charge in [-0.1, -0.05) is 13.8 Å². The molecule has 3 nitrogen and oxygen atoms in total. The molecule has 1 heterocycles. The predicted octanol–water partition coefficient (Wildman–Crippen LogP) is 0.953. The summed E-state index contributed by atoms with van der Waals surface area (Å²) in [6.45, 7) is 9.64. The zero-order chi connectivity index (χ0) is 10.4. The molecule has 0 radical (unpaired) electrons. The number of hydrogen-bond donors (Lipinski definition) is 1. The van der Waals surface area contributed by atoms with E-state index in [1.165, 1.54) is 6.42 Å². The molecule has 84 valence electrons. The summed E-state index contributed by atoms with van der Waals surface area (Å²) in [5.41, 5.74) is 0. The molecule has 1 aliphatic heterocycles. The maximum atomic E-state index is 5.65. The van der Waals surface area contributed by atoms with Crippen molar-refractivity contribution in [2.24, 2.45) is 5.92 Å². The normalized spacial score (nSPS) is 24.4. The Morgan fingerprint density at radius 2 is 2.29 bits per heavy atom. The van der Waals surface area contributed by atoms with Crippen LogP contribution < -0.4 is 5.32 Å². The number of nitrogens with one attached hydrogen (secondary N) is 1. The molecule has 0 amide bonds. The topological polar surface area (TPSA) is 24.5 Å². The largest absolute Gasteiger partial charge is 0.374 e. The van der Waals surface area contributed by atoms with Gasteiger partial charge >= 0.3 is 0 Å².